The standard InChI is InChI=1S/C21H24FN3O2.ClH/c22-17-12-11-16(24-21(27)19(23)14-7-3-1-4-8-14)13-18(17)25-20(26)15-9-5-2-6-10-15;/h1,3-4,7-8,11-13,15,19H,2,5-6,9-10,23H2,(H,24,27)(H,25,26);1H. The predicted molar refractivity (Wildman–Crippen MR) is 111 cm³/mol. The van der Waals surface area contributed by atoms with E-state index in [1.54, 1.807) is 24.3 Å². The van der Waals surface area contributed by atoms with E-state index in [0.717, 1.165) is 32.1 Å². The highest BCUT2D eigenvalue weighted by Crippen LogP contribution is 2.27. The first-order valence-corrected chi connectivity index (χ1v) is 9.26. The minimum Gasteiger partial charge on any atom is -0.324 e. The lowest BCUT2D eigenvalue weighted by Gasteiger charge is -2.21. The molecule has 0 spiro atoms. The Bertz CT molecular complexity index is 811. The molecule has 0 aromatic heterocycles. The number of hydrogen-bond donors (Lipinski definition) is 3. The molecular weight excluding hydrogens is 381 g/mol. The number of carbonyl (C=O) groups is 2. The third kappa shape index (κ3) is 5.53. The largest absolute Gasteiger partial charge is 0.324 e. The summed E-state index contributed by atoms with van der Waals surface area (Å²) in [6, 6.07) is 12.2. The fourth-order valence-corrected chi connectivity index (χ4v) is 3.33. The molecule has 2 aromatic carbocycles. The van der Waals surface area contributed by atoms with E-state index in [1.165, 1.54) is 18.2 Å². The van der Waals surface area contributed by atoms with Crippen molar-refractivity contribution in [3.05, 3.63) is 59.9 Å². The van der Waals surface area contributed by atoms with E-state index in [4.69, 9.17) is 5.73 Å². The van der Waals surface area contributed by atoms with Crippen molar-refractivity contribution >= 4 is 35.6 Å². The molecular formula is C21H25ClFN3O2. The smallest absolute Gasteiger partial charge is 0.245 e. The van der Waals surface area contributed by atoms with Gasteiger partial charge >= 0.3 is 0 Å². The van der Waals surface area contributed by atoms with Crippen LogP contribution in [0.15, 0.2) is 48.5 Å². The summed E-state index contributed by atoms with van der Waals surface area (Å²) in [5.74, 6) is -1.19. The Kier molecular flexibility index (Phi) is 7.96. The Labute approximate surface area is 170 Å². The second-order valence-corrected chi connectivity index (χ2v) is 6.90. The molecule has 1 unspecified atom stereocenters. The van der Waals surface area contributed by atoms with Crippen LogP contribution in [0.4, 0.5) is 15.8 Å². The van der Waals surface area contributed by atoms with Crippen LogP contribution in [0.1, 0.15) is 43.7 Å². The Hall–Kier alpha value is -2.44. The van der Waals surface area contributed by atoms with E-state index in [-0.39, 0.29) is 29.9 Å². The highest BCUT2D eigenvalue weighted by Gasteiger charge is 2.22. The summed E-state index contributed by atoms with van der Waals surface area (Å²) in [6.07, 6.45) is 4.84. The molecule has 150 valence electrons. The minimum absolute atomic E-state index is 0. The van der Waals surface area contributed by atoms with Crippen molar-refractivity contribution < 1.29 is 14.0 Å². The number of nitrogens with two attached hydrogens (primary N) is 1. The molecule has 7 heteroatoms. The summed E-state index contributed by atoms with van der Waals surface area (Å²) in [7, 11) is 0. The van der Waals surface area contributed by atoms with Crippen molar-refractivity contribution in [2.45, 2.75) is 38.1 Å². The number of rotatable bonds is 5. The highest BCUT2D eigenvalue weighted by atomic mass is 35.5. The molecule has 28 heavy (non-hydrogen) atoms. The third-order valence-corrected chi connectivity index (χ3v) is 4.91. The molecule has 5 nitrogen and oxygen atoms in total. The van der Waals surface area contributed by atoms with Crippen molar-refractivity contribution in [2.24, 2.45) is 11.7 Å². The number of benzene rings is 2. The van der Waals surface area contributed by atoms with Crippen LogP contribution in [0.25, 0.3) is 0 Å². The van der Waals surface area contributed by atoms with Gasteiger partial charge in [0.15, 0.2) is 0 Å². The maximum Gasteiger partial charge on any atom is 0.245 e. The number of nitrogens with one attached hydrogen (secondary N) is 2. The number of halogens is 2. The van der Waals surface area contributed by atoms with Gasteiger partial charge in [0.2, 0.25) is 11.8 Å². The van der Waals surface area contributed by atoms with Crippen LogP contribution in [0, 0.1) is 11.7 Å². The van der Waals surface area contributed by atoms with Gasteiger partial charge in [0.1, 0.15) is 11.9 Å². The molecule has 1 atom stereocenters. The van der Waals surface area contributed by atoms with Crippen molar-refractivity contribution in [3.8, 4) is 0 Å². The first-order valence-electron chi connectivity index (χ1n) is 9.26. The zero-order valence-corrected chi connectivity index (χ0v) is 16.3. The molecule has 4 N–H and O–H groups in total. The molecule has 0 radical (unpaired) electrons. The summed E-state index contributed by atoms with van der Waals surface area (Å²) < 4.78 is 14.1. The summed E-state index contributed by atoms with van der Waals surface area (Å²) in [6.45, 7) is 0. The fourth-order valence-electron chi connectivity index (χ4n) is 3.33. The van der Waals surface area contributed by atoms with E-state index >= 15 is 0 Å². The van der Waals surface area contributed by atoms with E-state index in [1.807, 2.05) is 6.07 Å². The van der Waals surface area contributed by atoms with Crippen molar-refractivity contribution in [2.75, 3.05) is 10.6 Å². The monoisotopic (exact) mass is 405 g/mol. The van der Waals surface area contributed by atoms with Gasteiger partial charge in [-0.15, -0.1) is 12.4 Å². The average molecular weight is 406 g/mol. The molecule has 2 aromatic rings. The van der Waals surface area contributed by atoms with Gasteiger partial charge in [-0.25, -0.2) is 4.39 Å². The van der Waals surface area contributed by atoms with Crippen LogP contribution in [-0.4, -0.2) is 11.8 Å². The zero-order valence-electron chi connectivity index (χ0n) is 15.5. The second kappa shape index (κ2) is 10.2. The van der Waals surface area contributed by atoms with E-state index in [0.29, 0.717) is 11.3 Å². The summed E-state index contributed by atoms with van der Waals surface area (Å²) >= 11 is 0. The number of hydrogen-bond acceptors (Lipinski definition) is 3. The lowest BCUT2D eigenvalue weighted by Crippen LogP contribution is -2.28. The Morgan fingerprint density at radius 1 is 1.00 bits per heavy atom. The SMILES string of the molecule is Cl.NC(C(=O)Nc1ccc(F)c(NC(=O)C2CCCCC2)c1)c1ccccc1. The summed E-state index contributed by atoms with van der Waals surface area (Å²) in [5, 5.41) is 5.34. The molecule has 0 bridgehead atoms. The van der Waals surface area contributed by atoms with Crippen LogP contribution in [0.5, 0.6) is 0 Å². The van der Waals surface area contributed by atoms with Gasteiger partial charge in [0, 0.05) is 11.6 Å². The molecule has 0 heterocycles. The topological polar surface area (TPSA) is 84.2 Å². The van der Waals surface area contributed by atoms with Crippen LogP contribution >= 0.6 is 12.4 Å². The Morgan fingerprint density at radius 2 is 1.68 bits per heavy atom. The molecule has 1 saturated carbocycles. The van der Waals surface area contributed by atoms with E-state index < -0.39 is 17.8 Å². The predicted octanol–water partition coefficient (Wildman–Crippen LogP) is 4.40. The van der Waals surface area contributed by atoms with Crippen LogP contribution in [0.3, 0.4) is 0 Å². The van der Waals surface area contributed by atoms with Gasteiger partial charge < -0.3 is 16.4 Å². The van der Waals surface area contributed by atoms with Crippen molar-refractivity contribution in [1.29, 1.82) is 0 Å². The minimum atomic E-state index is -0.837. The maximum atomic E-state index is 14.1. The van der Waals surface area contributed by atoms with E-state index in [9.17, 15) is 14.0 Å². The number of amides is 2. The molecule has 3 rings (SSSR count). The first kappa shape index (κ1) is 21.9. The first-order chi connectivity index (χ1) is 13.0. The highest BCUT2D eigenvalue weighted by molar-refractivity contribution is 5.97. The van der Waals surface area contributed by atoms with Crippen LogP contribution in [-0.2, 0) is 9.59 Å². The van der Waals surface area contributed by atoms with Gasteiger partial charge in [0.25, 0.3) is 0 Å². The van der Waals surface area contributed by atoms with Gasteiger partial charge in [-0.05, 0) is 36.6 Å². The van der Waals surface area contributed by atoms with Crippen LogP contribution < -0.4 is 16.4 Å². The fraction of sp³-hybridized carbons (Fsp3) is 0.333. The van der Waals surface area contributed by atoms with E-state index in [2.05, 4.69) is 10.6 Å². The molecule has 2 amide bonds. The van der Waals surface area contributed by atoms with Crippen LogP contribution in [0.2, 0.25) is 0 Å². The van der Waals surface area contributed by atoms with Gasteiger partial charge in [-0.3, -0.25) is 9.59 Å². The maximum absolute atomic E-state index is 14.1. The molecule has 1 fully saturated rings. The lowest BCUT2D eigenvalue weighted by molar-refractivity contribution is -0.120. The van der Waals surface area contributed by atoms with Gasteiger partial charge in [0.05, 0.1) is 5.69 Å². The Balaban J connectivity index is 0.00000280. The third-order valence-electron chi connectivity index (χ3n) is 4.91. The van der Waals surface area contributed by atoms with Gasteiger partial charge in [-0.2, -0.15) is 0 Å². The molecule has 0 aliphatic heterocycles. The molecule has 1 aliphatic carbocycles. The van der Waals surface area contributed by atoms with Crippen molar-refractivity contribution in [3.63, 3.8) is 0 Å². The second-order valence-electron chi connectivity index (χ2n) is 6.90. The quantitative estimate of drug-likeness (QED) is 0.689. The lowest BCUT2D eigenvalue weighted by atomic mass is 9.88. The summed E-state index contributed by atoms with van der Waals surface area (Å²) in [5.41, 5.74) is 7.11. The Morgan fingerprint density at radius 3 is 2.36 bits per heavy atom. The zero-order chi connectivity index (χ0) is 19.2. The normalized spacial score (nSPS) is 15.2. The number of carbonyl (C=O) groups excluding carboxylic acids is 2. The molecule has 0 saturated heterocycles. The van der Waals surface area contributed by atoms with Crippen molar-refractivity contribution in [1.82, 2.24) is 0 Å². The average Bonchev–Trinajstić information content (AvgIpc) is 2.71. The number of anilines is 2. The molecule has 1 aliphatic rings. The van der Waals surface area contributed by atoms with Gasteiger partial charge in [-0.1, -0.05) is 49.6 Å². The summed E-state index contributed by atoms with van der Waals surface area (Å²) in [4.78, 5) is 24.7.